The Hall–Kier alpha value is -2.02. The summed E-state index contributed by atoms with van der Waals surface area (Å²) in [5, 5.41) is 3.08. The molecule has 0 aromatic heterocycles. The molecule has 0 saturated heterocycles. The standard InChI is InChI=1S/C22H28F3NO3/c1-12-10-13(2)17(15(4)14(12)3)18-19(28-5)21(26-20(18)27)8-6-16(7-9-21)29-11-22(23,24)25/h10,16H,6-9,11H2,1-5H3,(H,26,27). The molecule has 0 atom stereocenters. The van der Waals surface area contributed by atoms with Crippen LogP contribution >= 0.6 is 0 Å². The van der Waals surface area contributed by atoms with Crippen LogP contribution in [0.5, 0.6) is 0 Å². The molecule has 1 aliphatic heterocycles. The predicted molar refractivity (Wildman–Crippen MR) is 104 cm³/mol. The zero-order chi connectivity index (χ0) is 21.6. The van der Waals surface area contributed by atoms with Gasteiger partial charge in [-0.15, -0.1) is 0 Å². The van der Waals surface area contributed by atoms with E-state index < -0.39 is 24.4 Å². The van der Waals surface area contributed by atoms with Gasteiger partial charge in [-0.3, -0.25) is 4.79 Å². The van der Waals surface area contributed by atoms with Crippen molar-refractivity contribution in [2.45, 2.75) is 71.2 Å². The number of ether oxygens (including phenoxy) is 2. The Morgan fingerprint density at radius 2 is 1.72 bits per heavy atom. The van der Waals surface area contributed by atoms with E-state index in [2.05, 4.69) is 11.4 Å². The quantitative estimate of drug-likeness (QED) is 0.783. The molecule has 1 amide bonds. The lowest BCUT2D eigenvalue weighted by atomic mass is 9.78. The number of methoxy groups -OCH3 is 1. The molecule has 1 saturated carbocycles. The number of benzene rings is 1. The highest BCUT2D eigenvalue weighted by atomic mass is 19.4. The van der Waals surface area contributed by atoms with Crippen molar-refractivity contribution in [1.82, 2.24) is 5.32 Å². The summed E-state index contributed by atoms with van der Waals surface area (Å²) in [5.41, 5.74) is 5.09. The SMILES string of the molecule is COC1=C(c2c(C)cc(C)c(C)c2C)C(=O)NC12CCC(OCC(F)(F)F)CC2. The van der Waals surface area contributed by atoms with Gasteiger partial charge in [-0.25, -0.2) is 0 Å². The van der Waals surface area contributed by atoms with Crippen molar-refractivity contribution in [3.8, 4) is 0 Å². The summed E-state index contributed by atoms with van der Waals surface area (Å²) in [7, 11) is 1.55. The molecular weight excluding hydrogens is 383 g/mol. The maximum atomic E-state index is 13.0. The van der Waals surface area contributed by atoms with Gasteiger partial charge < -0.3 is 14.8 Å². The van der Waals surface area contributed by atoms with Crippen molar-refractivity contribution in [3.63, 3.8) is 0 Å². The number of alkyl halides is 3. The van der Waals surface area contributed by atoms with Gasteiger partial charge in [0.2, 0.25) is 0 Å². The molecule has 0 radical (unpaired) electrons. The summed E-state index contributed by atoms with van der Waals surface area (Å²) >= 11 is 0. The predicted octanol–water partition coefficient (Wildman–Crippen LogP) is 4.67. The normalized spacial score (nSPS) is 25.0. The van der Waals surface area contributed by atoms with Crippen molar-refractivity contribution in [2.24, 2.45) is 0 Å². The highest BCUT2D eigenvalue weighted by Gasteiger charge is 2.49. The second kappa shape index (κ2) is 7.67. The molecule has 1 aliphatic carbocycles. The third-order valence-electron chi connectivity index (χ3n) is 6.32. The Balaban J connectivity index is 1.92. The number of aryl methyl sites for hydroxylation is 2. The topological polar surface area (TPSA) is 47.6 Å². The molecule has 1 N–H and O–H groups in total. The highest BCUT2D eigenvalue weighted by molar-refractivity contribution is 6.24. The smallest absolute Gasteiger partial charge is 0.411 e. The van der Waals surface area contributed by atoms with E-state index in [1.165, 1.54) is 5.56 Å². The van der Waals surface area contributed by atoms with Crippen LogP contribution < -0.4 is 5.32 Å². The van der Waals surface area contributed by atoms with Gasteiger partial charge in [0, 0.05) is 0 Å². The van der Waals surface area contributed by atoms with Crippen LogP contribution in [0.25, 0.3) is 5.57 Å². The molecule has 1 fully saturated rings. The lowest BCUT2D eigenvalue weighted by Crippen LogP contribution is -2.49. The van der Waals surface area contributed by atoms with Crippen LogP contribution in [0.2, 0.25) is 0 Å². The van der Waals surface area contributed by atoms with Gasteiger partial charge in [0.15, 0.2) is 0 Å². The van der Waals surface area contributed by atoms with Crippen LogP contribution in [0, 0.1) is 27.7 Å². The molecule has 29 heavy (non-hydrogen) atoms. The van der Waals surface area contributed by atoms with E-state index in [4.69, 9.17) is 9.47 Å². The summed E-state index contributed by atoms with van der Waals surface area (Å²) in [5.74, 6) is 0.400. The van der Waals surface area contributed by atoms with E-state index in [-0.39, 0.29) is 5.91 Å². The molecule has 1 aromatic carbocycles. The largest absolute Gasteiger partial charge is 0.498 e. The average molecular weight is 411 g/mol. The molecule has 2 aliphatic rings. The van der Waals surface area contributed by atoms with Crippen LogP contribution in [-0.2, 0) is 14.3 Å². The van der Waals surface area contributed by atoms with Gasteiger partial charge in [0.05, 0.1) is 24.3 Å². The maximum Gasteiger partial charge on any atom is 0.411 e. The van der Waals surface area contributed by atoms with Gasteiger partial charge >= 0.3 is 6.18 Å². The van der Waals surface area contributed by atoms with Crippen molar-refractivity contribution >= 4 is 11.5 Å². The van der Waals surface area contributed by atoms with Crippen molar-refractivity contribution in [1.29, 1.82) is 0 Å². The van der Waals surface area contributed by atoms with Crippen molar-refractivity contribution in [2.75, 3.05) is 13.7 Å². The van der Waals surface area contributed by atoms with Crippen LogP contribution in [-0.4, -0.2) is 37.4 Å². The fourth-order valence-corrected chi connectivity index (χ4v) is 4.69. The van der Waals surface area contributed by atoms with Crippen LogP contribution in [0.15, 0.2) is 11.8 Å². The first-order chi connectivity index (χ1) is 13.5. The molecule has 1 aromatic rings. The van der Waals surface area contributed by atoms with E-state index in [0.29, 0.717) is 37.0 Å². The zero-order valence-corrected chi connectivity index (χ0v) is 17.5. The molecule has 0 unspecified atom stereocenters. The molecule has 4 nitrogen and oxygen atoms in total. The molecule has 1 heterocycles. The Bertz CT molecular complexity index is 850. The van der Waals surface area contributed by atoms with Gasteiger partial charge in [0.1, 0.15) is 12.4 Å². The maximum absolute atomic E-state index is 13.0. The van der Waals surface area contributed by atoms with Crippen LogP contribution in [0.3, 0.4) is 0 Å². The number of nitrogens with one attached hydrogen (secondary N) is 1. The number of halogens is 3. The first kappa shape index (κ1) is 21.7. The Morgan fingerprint density at radius 3 is 2.28 bits per heavy atom. The average Bonchev–Trinajstić information content (AvgIpc) is 2.90. The first-order valence-corrected chi connectivity index (χ1v) is 9.86. The van der Waals surface area contributed by atoms with E-state index in [1.54, 1.807) is 7.11 Å². The van der Waals surface area contributed by atoms with Crippen LogP contribution in [0.1, 0.15) is 53.5 Å². The number of hydrogen-bond donors (Lipinski definition) is 1. The molecule has 160 valence electrons. The minimum Gasteiger partial charge on any atom is -0.498 e. The summed E-state index contributed by atoms with van der Waals surface area (Å²) < 4.78 is 48.1. The summed E-state index contributed by atoms with van der Waals surface area (Å²) in [4.78, 5) is 13.0. The third-order valence-corrected chi connectivity index (χ3v) is 6.32. The first-order valence-electron chi connectivity index (χ1n) is 9.86. The number of rotatable bonds is 4. The Labute approximate surface area is 169 Å². The van der Waals surface area contributed by atoms with Crippen LogP contribution in [0.4, 0.5) is 13.2 Å². The van der Waals surface area contributed by atoms with E-state index in [9.17, 15) is 18.0 Å². The van der Waals surface area contributed by atoms with E-state index in [1.807, 2.05) is 27.7 Å². The lowest BCUT2D eigenvalue weighted by molar-refractivity contribution is -0.189. The van der Waals surface area contributed by atoms with Crippen molar-refractivity contribution < 1.29 is 27.4 Å². The van der Waals surface area contributed by atoms with Crippen molar-refractivity contribution in [3.05, 3.63) is 39.6 Å². The summed E-state index contributed by atoms with van der Waals surface area (Å²) in [6.45, 7) is 6.83. The molecule has 0 bridgehead atoms. The Morgan fingerprint density at radius 1 is 1.10 bits per heavy atom. The lowest BCUT2D eigenvalue weighted by Gasteiger charge is -2.38. The number of carbonyl (C=O) groups is 1. The number of hydrogen-bond acceptors (Lipinski definition) is 3. The van der Waals surface area contributed by atoms with E-state index in [0.717, 1.165) is 22.3 Å². The van der Waals surface area contributed by atoms with Gasteiger partial charge in [-0.05, 0) is 81.2 Å². The zero-order valence-electron chi connectivity index (χ0n) is 17.5. The molecule has 1 spiro atoms. The van der Waals surface area contributed by atoms with Gasteiger partial charge in [-0.2, -0.15) is 13.2 Å². The third kappa shape index (κ3) is 4.02. The van der Waals surface area contributed by atoms with Gasteiger partial charge in [0.25, 0.3) is 5.91 Å². The van der Waals surface area contributed by atoms with Gasteiger partial charge in [-0.1, -0.05) is 6.07 Å². The Kier molecular flexibility index (Phi) is 5.73. The highest BCUT2D eigenvalue weighted by Crippen LogP contribution is 2.45. The fourth-order valence-electron chi connectivity index (χ4n) is 4.69. The molecule has 7 heteroatoms. The number of carbonyl (C=O) groups excluding carboxylic acids is 1. The minimum atomic E-state index is -4.33. The van der Waals surface area contributed by atoms with E-state index >= 15 is 0 Å². The molecule has 3 rings (SSSR count). The second-order valence-corrected chi connectivity index (χ2v) is 8.21. The monoisotopic (exact) mass is 411 g/mol. The summed E-state index contributed by atoms with van der Waals surface area (Å²) in [6, 6.07) is 2.07. The second-order valence-electron chi connectivity index (χ2n) is 8.21. The summed E-state index contributed by atoms with van der Waals surface area (Å²) in [6.07, 6.45) is -2.97. The fraction of sp³-hybridized carbons (Fsp3) is 0.591. The molecular formula is C22H28F3NO3. The number of amides is 1. The minimum absolute atomic E-state index is 0.189.